The molecule has 0 aromatic heterocycles. The first-order valence-electron chi connectivity index (χ1n) is 8.44. The van der Waals surface area contributed by atoms with E-state index in [1.54, 1.807) is 0 Å². The van der Waals surface area contributed by atoms with Gasteiger partial charge in [-0.3, -0.25) is 0 Å². The predicted octanol–water partition coefficient (Wildman–Crippen LogP) is 2.77. The number of sulfonamides is 1. The molecule has 1 saturated carbocycles. The highest BCUT2D eigenvalue weighted by atomic mass is 32.2. The Hall–Kier alpha value is -0.820. The monoisotopic (exact) mass is 363 g/mol. The first-order chi connectivity index (χ1) is 10.6. The lowest BCUT2D eigenvalue weighted by Gasteiger charge is -2.49. The molecule has 0 heterocycles. The van der Waals surface area contributed by atoms with E-state index in [0.29, 0.717) is 0 Å². The van der Waals surface area contributed by atoms with Gasteiger partial charge in [0.1, 0.15) is 0 Å². The second kappa shape index (κ2) is 7.20. The Morgan fingerprint density at radius 2 is 1.50 bits per heavy atom. The van der Waals surface area contributed by atoms with Crippen LogP contribution in [0.25, 0.3) is 0 Å². The first kappa shape index (κ1) is 21.2. The number of hydrogen-bond acceptors (Lipinski definition) is 5. The van der Waals surface area contributed by atoms with E-state index in [1.807, 2.05) is 4.72 Å². The van der Waals surface area contributed by atoms with E-state index in [0.717, 1.165) is 19.1 Å². The molecule has 2 atom stereocenters. The van der Waals surface area contributed by atoms with Crippen molar-refractivity contribution < 1.29 is 23.1 Å². The average Bonchev–Trinajstić information content (AvgIpc) is 2.32. The molecule has 0 aromatic carbocycles. The minimum Gasteiger partial charge on any atom is -0.449 e. The van der Waals surface area contributed by atoms with Crippen molar-refractivity contribution in [2.45, 2.75) is 60.5 Å². The van der Waals surface area contributed by atoms with Crippen LogP contribution >= 0.6 is 0 Å². The summed E-state index contributed by atoms with van der Waals surface area (Å²) in [5.41, 5.74) is -0.118. The summed E-state index contributed by atoms with van der Waals surface area (Å²) in [5, 5.41) is 10.8. The van der Waals surface area contributed by atoms with E-state index in [1.165, 1.54) is 0 Å². The summed E-state index contributed by atoms with van der Waals surface area (Å²) < 4.78 is 29.0. The quantitative estimate of drug-likeness (QED) is 0.804. The van der Waals surface area contributed by atoms with Crippen molar-refractivity contribution in [2.24, 2.45) is 28.6 Å². The van der Waals surface area contributed by atoms with Crippen LogP contribution in [0.1, 0.15) is 54.4 Å². The fourth-order valence-electron chi connectivity index (χ4n) is 3.62. The van der Waals surface area contributed by atoms with Gasteiger partial charge >= 0.3 is 6.09 Å². The topological polar surface area (TPSA) is 92.7 Å². The molecular weight excluding hydrogens is 330 g/mol. The number of rotatable bonds is 3. The van der Waals surface area contributed by atoms with Crippen LogP contribution in [0.5, 0.6) is 0 Å². The molecule has 1 amide bonds. The Bertz CT molecular complexity index is 520. The highest BCUT2D eigenvalue weighted by Crippen LogP contribution is 2.48. The minimum atomic E-state index is -3.62. The molecule has 2 N–H and O–H groups in total. The summed E-state index contributed by atoms with van der Waals surface area (Å²) in [6, 6.07) is 0. The number of hydrogen-bond donors (Lipinski definition) is 2. The van der Waals surface area contributed by atoms with Crippen molar-refractivity contribution in [1.29, 1.82) is 0 Å². The van der Waals surface area contributed by atoms with E-state index in [2.05, 4.69) is 41.5 Å². The van der Waals surface area contributed by atoms with Crippen molar-refractivity contribution in [2.75, 3.05) is 12.9 Å². The molecule has 0 saturated heterocycles. The molecule has 1 rings (SSSR count). The summed E-state index contributed by atoms with van der Waals surface area (Å²) >= 11 is 0. The SMILES string of the molecule is CC(C)(C)C1CC(COC(=O)NS(C)(=O)=O)CC(C(C)(C)C)C1O. The molecule has 0 radical (unpaired) electrons. The molecule has 0 bridgehead atoms. The van der Waals surface area contributed by atoms with Crippen LogP contribution in [0.4, 0.5) is 4.79 Å². The fraction of sp³-hybridized carbons (Fsp3) is 0.941. The Morgan fingerprint density at radius 1 is 1.08 bits per heavy atom. The largest absolute Gasteiger partial charge is 0.449 e. The summed E-state index contributed by atoms with van der Waals surface area (Å²) in [6.45, 7) is 12.8. The standard InChI is InChI=1S/C17H33NO5S/c1-16(2,3)12-8-11(9-13(14(12)19)17(4,5)6)10-23-15(20)18-24(7,21)22/h11-14,19H,8-10H2,1-7H3,(H,18,20). The number of nitrogens with one attached hydrogen (secondary N) is 1. The molecule has 1 aliphatic carbocycles. The lowest BCUT2D eigenvalue weighted by molar-refractivity contribution is -0.0900. The van der Waals surface area contributed by atoms with Gasteiger partial charge in [-0.05, 0) is 41.4 Å². The minimum absolute atomic E-state index is 0.0589. The van der Waals surface area contributed by atoms with Crippen LogP contribution in [0.2, 0.25) is 0 Å². The number of ether oxygens (including phenoxy) is 1. The van der Waals surface area contributed by atoms with Gasteiger partial charge in [-0.1, -0.05) is 41.5 Å². The van der Waals surface area contributed by atoms with Gasteiger partial charge < -0.3 is 9.84 Å². The molecule has 0 aromatic rings. The van der Waals surface area contributed by atoms with Gasteiger partial charge in [0.15, 0.2) is 0 Å². The van der Waals surface area contributed by atoms with Crippen LogP contribution in [0, 0.1) is 28.6 Å². The van der Waals surface area contributed by atoms with E-state index < -0.39 is 22.2 Å². The van der Waals surface area contributed by atoms with Gasteiger partial charge in [0.2, 0.25) is 10.0 Å². The zero-order valence-electron chi connectivity index (χ0n) is 15.9. The third-order valence-electron chi connectivity index (χ3n) is 4.94. The van der Waals surface area contributed by atoms with Gasteiger partial charge in [-0.2, -0.15) is 0 Å². The fourth-order valence-corrected chi connectivity index (χ4v) is 3.98. The maximum absolute atomic E-state index is 11.6. The third kappa shape index (κ3) is 6.24. The van der Waals surface area contributed by atoms with Gasteiger partial charge in [-0.15, -0.1) is 0 Å². The van der Waals surface area contributed by atoms with Crippen LogP contribution in [-0.2, 0) is 14.8 Å². The zero-order valence-corrected chi connectivity index (χ0v) is 16.7. The molecule has 7 heteroatoms. The Morgan fingerprint density at radius 3 is 1.83 bits per heavy atom. The van der Waals surface area contributed by atoms with E-state index in [4.69, 9.17) is 4.74 Å². The molecule has 2 unspecified atom stereocenters. The number of amides is 1. The van der Waals surface area contributed by atoms with Gasteiger partial charge in [0.05, 0.1) is 19.0 Å². The molecule has 1 fully saturated rings. The van der Waals surface area contributed by atoms with E-state index in [9.17, 15) is 18.3 Å². The van der Waals surface area contributed by atoms with E-state index >= 15 is 0 Å². The molecule has 24 heavy (non-hydrogen) atoms. The van der Waals surface area contributed by atoms with Crippen molar-refractivity contribution >= 4 is 16.1 Å². The number of aliphatic hydroxyl groups is 1. The summed E-state index contributed by atoms with van der Waals surface area (Å²) in [5.74, 6) is 0.302. The molecule has 0 aliphatic heterocycles. The number of carbonyl (C=O) groups is 1. The maximum atomic E-state index is 11.6. The zero-order chi connectivity index (χ0) is 18.9. The molecule has 0 spiro atoms. The van der Waals surface area contributed by atoms with Gasteiger partial charge in [0, 0.05) is 0 Å². The van der Waals surface area contributed by atoms with Crippen molar-refractivity contribution in [3.05, 3.63) is 0 Å². The smallest absolute Gasteiger partial charge is 0.420 e. The molecule has 1 aliphatic rings. The Labute approximate surface area is 146 Å². The van der Waals surface area contributed by atoms with Gasteiger partial charge in [-0.25, -0.2) is 17.9 Å². The van der Waals surface area contributed by atoms with Crippen molar-refractivity contribution in [3.8, 4) is 0 Å². The number of aliphatic hydroxyl groups excluding tert-OH is 1. The maximum Gasteiger partial charge on any atom is 0.420 e. The summed E-state index contributed by atoms with van der Waals surface area (Å²) in [7, 11) is -3.62. The lowest BCUT2D eigenvalue weighted by Crippen LogP contribution is -2.48. The van der Waals surface area contributed by atoms with Crippen molar-refractivity contribution in [3.63, 3.8) is 0 Å². The Balaban J connectivity index is 2.82. The summed E-state index contributed by atoms with van der Waals surface area (Å²) in [4.78, 5) is 11.6. The second-order valence-corrected chi connectivity index (χ2v) is 11.0. The molecular formula is C17H33NO5S. The van der Waals surface area contributed by atoms with Crippen LogP contribution in [-0.4, -0.2) is 38.6 Å². The third-order valence-corrected chi connectivity index (χ3v) is 5.48. The van der Waals surface area contributed by atoms with Crippen molar-refractivity contribution in [1.82, 2.24) is 4.72 Å². The Kier molecular flexibility index (Phi) is 6.36. The lowest BCUT2D eigenvalue weighted by atomic mass is 9.59. The number of carbonyl (C=O) groups excluding carboxylic acids is 1. The van der Waals surface area contributed by atoms with Gasteiger partial charge in [0.25, 0.3) is 0 Å². The molecule has 6 nitrogen and oxygen atoms in total. The average molecular weight is 364 g/mol. The normalized spacial score (nSPS) is 29.2. The van der Waals surface area contributed by atoms with Crippen LogP contribution < -0.4 is 4.72 Å². The predicted molar refractivity (Wildman–Crippen MR) is 93.9 cm³/mol. The highest BCUT2D eigenvalue weighted by molar-refractivity contribution is 7.89. The van der Waals surface area contributed by atoms with E-state index in [-0.39, 0.29) is 35.2 Å². The second-order valence-electron chi connectivity index (χ2n) is 9.25. The highest BCUT2D eigenvalue weighted by Gasteiger charge is 2.46. The first-order valence-corrected chi connectivity index (χ1v) is 10.3. The van der Waals surface area contributed by atoms with Crippen LogP contribution in [0.3, 0.4) is 0 Å². The van der Waals surface area contributed by atoms with Crippen LogP contribution in [0.15, 0.2) is 0 Å². The molecule has 142 valence electrons. The summed E-state index contributed by atoms with van der Waals surface area (Å²) in [6.07, 6.45) is 1.08.